The van der Waals surface area contributed by atoms with Crippen LogP contribution in [0.1, 0.15) is 46.6 Å². The third-order valence-electron chi connectivity index (χ3n) is 5.21. The second-order valence-electron chi connectivity index (χ2n) is 7.92. The summed E-state index contributed by atoms with van der Waals surface area (Å²) >= 11 is 1.33. The van der Waals surface area contributed by atoms with Crippen LogP contribution in [0, 0.1) is 5.92 Å². The van der Waals surface area contributed by atoms with Crippen LogP contribution < -0.4 is 15.6 Å². The van der Waals surface area contributed by atoms with Crippen molar-refractivity contribution in [2.24, 2.45) is 11.0 Å². The van der Waals surface area contributed by atoms with Crippen LogP contribution in [-0.2, 0) is 27.2 Å². The van der Waals surface area contributed by atoms with Crippen molar-refractivity contribution in [3.05, 3.63) is 45.8 Å². The molecule has 0 radical (unpaired) electrons. The number of nitrogens with zero attached hydrogens (tertiary/aromatic N) is 2. The maximum Gasteiger partial charge on any atom is 0.341 e. The van der Waals surface area contributed by atoms with Gasteiger partial charge in [-0.3, -0.25) is 9.59 Å². The number of ether oxygens (including phenoxy) is 1. The van der Waals surface area contributed by atoms with Gasteiger partial charge in [-0.1, -0.05) is 19.1 Å². The molecule has 9 heteroatoms. The predicted molar refractivity (Wildman–Crippen MR) is 127 cm³/mol. The lowest BCUT2D eigenvalue weighted by Crippen LogP contribution is -2.32. The predicted octanol–water partition coefficient (Wildman–Crippen LogP) is 3.20. The van der Waals surface area contributed by atoms with E-state index in [9.17, 15) is 14.4 Å². The van der Waals surface area contributed by atoms with Gasteiger partial charge in [0.15, 0.2) is 0 Å². The molecule has 1 heterocycles. The summed E-state index contributed by atoms with van der Waals surface area (Å²) in [5, 5.41) is 6.78. The Morgan fingerprint density at radius 3 is 2.59 bits per heavy atom. The van der Waals surface area contributed by atoms with Crippen molar-refractivity contribution in [1.82, 2.24) is 5.43 Å². The number of carbonyl (C=O) groups is 3. The molecule has 1 aromatic carbocycles. The number of carbonyl (C=O) groups excluding carboxylic acids is 3. The topological polar surface area (TPSA) is 100 Å². The molecule has 3 rings (SSSR count). The number of hydrogen-bond donors (Lipinski definition) is 2. The zero-order valence-electron chi connectivity index (χ0n) is 18.7. The van der Waals surface area contributed by atoms with Crippen molar-refractivity contribution in [1.29, 1.82) is 0 Å². The van der Waals surface area contributed by atoms with Crippen LogP contribution in [-0.4, -0.2) is 44.7 Å². The van der Waals surface area contributed by atoms with Crippen molar-refractivity contribution in [3.63, 3.8) is 0 Å². The molecule has 8 nitrogen and oxygen atoms in total. The maximum atomic E-state index is 12.5. The number of nitrogens with one attached hydrogen (secondary N) is 2. The third-order valence-corrected chi connectivity index (χ3v) is 6.38. The number of esters is 1. The Morgan fingerprint density at radius 1 is 1.22 bits per heavy atom. The average molecular weight is 457 g/mol. The van der Waals surface area contributed by atoms with E-state index < -0.39 is 17.8 Å². The Morgan fingerprint density at radius 2 is 1.94 bits per heavy atom. The Labute approximate surface area is 191 Å². The fraction of sp³-hybridized carbons (Fsp3) is 0.391. The summed E-state index contributed by atoms with van der Waals surface area (Å²) in [7, 11) is 3.89. The highest BCUT2D eigenvalue weighted by molar-refractivity contribution is 7.17. The summed E-state index contributed by atoms with van der Waals surface area (Å²) in [6.07, 6.45) is 4.01. The van der Waals surface area contributed by atoms with Crippen molar-refractivity contribution in [3.8, 4) is 0 Å². The molecule has 0 spiro atoms. The monoisotopic (exact) mass is 456 g/mol. The molecule has 1 aliphatic carbocycles. The summed E-state index contributed by atoms with van der Waals surface area (Å²) in [5.41, 5.74) is 5.33. The molecule has 170 valence electrons. The number of hydrogen-bond acceptors (Lipinski definition) is 7. The van der Waals surface area contributed by atoms with E-state index >= 15 is 0 Å². The first-order valence-electron chi connectivity index (χ1n) is 10.5. The number of rotatable bonds is 6. The third kappa shape index (κ3) is 5.53. The molecule has 0 fully saturated rings. The maximum absolute atomic E-state index is 12.5. The number of benzene rings is 1. The lowest BCUT2D eigenvalue weighted by Gasteiger charge is -2.18. The first kappa shape index (κ1) is 23.5. The minimum absolute atomic E-state index is 0.234. The average Bonchev–Trinajstić information content (AvgIpc) is 3.10. The normalized spacial score (nSPS) is 15.2. The van der Waals surface area contributed by atoms with Gasteiger partial charge in [0.2, 0.25) is 0 Å². The van der Waals surface area contributed by atoms with E-state index in [1.807, 2.05) is 43.3 Å². The zero-order valence-corrected chi connectivity index (χ0v) is 19.5. The molecule has 1 aromatic heterocycles. The molecular formula is C23H28N4O4S. The van der Waals surface area contributed by atoms with Gasteiger partial charge in [0, 0.05) is 24.7 Å². The van der Waals surface area contributed by atoms with E-state index in [0.29, 0.717) is 16.5 Å². The van der Waals surface area contributed by atoms with Gasteiger partial charge in [-0.2, -0.15) is 5.10 Å². The second-order valence-corrected chi connectivity index (χ2v) is 9.02. The second kappa shape index (κ2) is 10.4. The number of hydrazone groups is 1. The summed E-state index contributed by atoms with van der Waals surface area (Å²) in [4.78, 5) is 40.2. The van der Waals surface area contributed by atoms with Crippen LogP contribution in [0.5, 0.6) is 0 Å². The number of amides is 2. The van der Waals surface area contributed by atoms with Crippen LogP contribution >= 0.6 is 11.3 Å². The Kier molecular flexibility index (Phi) is 7.63. The Balaban J connectivity index is 1.68. The van der Waals surface area contributed by atoms with Gasteiger partial charge >= 0.3 is 17.8 Å². The highest BCUT2D eigenvalue weighted by Gasteiger charge is 2.30. The molecule has 0 bridgehead atoms. The van der Waals surface area contributed by atoms with E-state index in [1.165, 1.54) is 17.6 Å². The molecule has 2 N–H and O–H groups in total. The van der Waals surface area contributed by atoms with Crippen LogP contribution in [0.3, 0.4) is 0 Å². The molecule has 2 amide bonds. The minimum Gasteiger partial charge on any atom is -0.462 e. The van der Waals surface area contributed by atoms with Gasteiger partial charge in [0.1, 0.15) is 5.00 Å². The van der Waals surface area contributed by atoms with Gasteiger partial charge in [-0.15, -0.1) is 11.3 Å². The summed E-state index contributed by atoms with van der Waals surface area (Å²) < 4.78 is 5.19. The summed E-state index contributed by atoms with van der Waals surface area (Å²) in [5.74, 6) is -1.78. The van der Waals surface area contributed by atoms with Crippen LogP contribution in [0.2, 0.25) is 0 Å². The Hall–Kier alpha value is -3.20. The van der Waals surface area contributed by atoms with E-state index in [4.69, 9.17) is 4.74 Å². The van der Waals surface area contributed by atoms with Gasteiger partial charge < -0.3 is 15.0 Å². The molecule has 2 aromatic rings. The largest absolute Gasteiger partial charge is 0.462 e. The molecule has 0 saturated heterocycles. The van der Waals surface area contributed by atoms with Crippen molar-refractivity contribution in [2.45, 2.75) is 33.1 Å². The zero-order chi connectivity index (χ0) is 23.3. The van der Waals surface area contributed by atoms with Crippen molar-refractivity contribution < 1.29 is 19.1 Å². The van der Waals surface area contributed by atoms with E-state index in [0.717, 1.165) is 41.0 Å². The van der Waals surface area contributed by atoms with Gasteiger partial charge in [0.25, 0.3) is 0 Å². The van der Waals surface area contributed by atoms with E-state index in [-0.39, 0.29) is 6.61 Å². The fourth-order valence-corrected chi connectivity index (χ4v) is 4.89. The highest BCUT2D eigenvalue weighted by atomic mass is 32.1. The minimum atomic E-state index is -0.916. The number of anilines is 2. The van der Waals surface area contributed by atoms with Crippen molar-refractivity contribution in [2.75, 3.05) is 30.9 Å². The molecule has 32 heavy (non-hydrogen) atoms. The molecule has 0 aliphatic heterocycles. The molecule has 0 unspecified atom stereocenters. The first-order valence-corrected chi connectivity index (χ1v) is 11.3. The number of thiophene rings is 1. The van der Waals surface area contributed by atoms with Crippen LogP contribution in [0.25, 0.3) is 0 Å². The Bertz CT molecular complexity index is 1030. The SMILES string of the molecule is CCOC(=O)c1c(NC(=O)C(=O)N/N=C\c2ccc(N(C)C)cc2)sc2c1CC[C@@H](C)C2. The van der Waals surface area contributed by atoms with Crippen LogP contribution in [0.15, 0.2) is 29.4 Å². The molecule has 1 atom stereocenters. The summed E-state index contributed by atoms with van der Waals surface area (Å²) in [6, 6.07) is 7.56. The van der Waals surface area contributed by atoms with Gasteiger partial charge in [0.05, 0.1) is 18.4 Å². The van der Waals surface area contributed by atoms with E-state index in [2.05, 4.69) is 22.8 Å². The first-order chi connectivity index (χ1) is 15.3. The lowest BCUT2D eigenvalue weighted by atomic mass is 9.88. The smallest absolute Gasteiger partial charge is 0.341 e. The molecular weight excluding hydrogens is 428 g/mol. The van der Waals surface area contributed by atoms with Gasteiger partial charge in [-0.05, 0) is 55.4 Å². The fourth-order valence-electron chi connectivity index (χ4n) is 3.49. The van der Waals surface area contributed by atoms with E-state index in [1.54, 1.807) is 6.92 Å². The number of fused-ring (bicyclic) bond motifs is 1. The van der Waals surface area contributed by atoms with Gasteiger partial charge in [-0.25, -0.2) is 10.2 Å². The molecule has 0 saturated carbocycles. The standard InChI is InChI=1S/C23H28N4O4S/c1-5-31-23(30)19-17-11-6-14(2)12-18(17)32-22(19)25-20(28)21(29)26-24-13-15-7-9-16(10-8-15)27(3)4/h7-10,13-14H,5-6,11-12H2,1-4H3,(H,25,28)(H,26,29)/b24-13-/t14-/m1/s1. The lowest BCUT2D eigenvalue weighted by molar-refractivity contribution is -0.136. The quantitative estimate of drug-likeness (QED) is 0.301. The van der Waals surface area contributed by atoms with Crippen molar-refractivity contribution >= 4 is 46.0 Å². The molecule has 1 aliphatic rings. The van der Waals surface area contributed by atoms with Crippen LogP contribution in [0.4, 0.5) is 10.7 Å². The highest BCUT2D eigenvalue weighted by Crippen LogP contribution is 2.40. The summed E-state index contributed by atoms with van der Waals surface area (Å²) in [6.45, 7) is 4.12.